The van der Waals surface area contributed by atoms with Crippen LogP contribution in [0.15, 0.2) is 18.2 Å². The maximum atomic E-state index is 12.2. The molecule has 0 aliphatic rings. The highest BCUT2D eigenvalue weighted by Crippen LogP contribution is 2.18. The van der Waals surface area contributed by atoms with Crippen LogP contribution in [-0.4, -0.2) is 0 Å². The van der Waals surface area contributed by atoms with Crippen LogP contribution in [0.5, 0.6) is 0 Å². The molecular formula is C9H13ClFN. The Balaban J connectivity index is 0.000000354. The van der Waals surface area contributed by atoms with Gasteiger partial charge in [0.15, 0.2) is 0 Å². The van der Waals surface area contributed by atoms with E-state index in [9.17, 15) is 4.39 Å². The molecule has 2 N–H and O–H groups in total. The first-order valence-electron chi connectivity index (χ1n) is 3.82. The van der Waals surface area contributed by atoms with Crippen molar-refractivity contribution in [2.24, 2.45) is 0 Å². The van der Waals surface area contributed by atoms with E-state index in [4.69, 9.17) is 17.3 Å². The monoisotopic (exact) mass is 189 g/mol. The minimum atomic E-state index is -0.366. The molecule has 0 bridgehead atoms. The average Bonchev–Trinajstić information content (AvgIpc) is 1.99. The molecule has 0 fully saturated rings. The summed E-state index contributed by atoms with van der Waals surface area (Å²) in [6.07, 6.45) is 1.25. The number of rotatable bonds is 0. The largest absolute Gasteiger partial charge is 0.398 e. The summed E-state index contributed by atoms with van der Waals surface area (Å²) in [5.74, 6) is -0.366. The molecule has 0 saturated heterocycles. The zero-order chi connectivity index (χ0) is 9.56. The Hall–Kier alpha value is -0.760. The SMILES string of the molecule is CCC.Nc1ccc(F)cc1Cl. The van der Waals surface area contributed by atoms with Crippen LogP contribution in [-0.2, 0) is 0 Å². The molecule has 0 heterocycles. The quantitative estimate of drug-likeness (QED) is 0.622. The summed E-state index contributed by atoms with van der Waals surface area (Å²) < 4.78 is 12.2. The van der Waals surface area contributed by atoms with Gasteiger partial charge in [0.05, 0.1) is 10.7 Å². The first-order valence-corrected chi connectivity index (χ1v) is 4.20. The lowest BCUT2D eigenvalue weighted by molar-refractivity contribution is 0.628. The van der Waals surface area contributed by atoms with Crippen LogP contribution < -0.4 is 5.73 Å². The molecule has 0 saturated carbocycles. The van der Waals surface area contributed by atoms with Crippen LogP contribution in [0.1, 0.15) is 20.3 Å². The van der Waals surface area contributed by atoms with Crippen molar-refractivity contribution in [2.75, 3.05) is 5.73 Å². The van der Waals surface area contributed by atoms with Crippen molar-refractivity contribution in [1.29, 1.82) is 0 Å². The molecule has 0 radical (unpaired) electrons. The van der Waals surface area contributed by atoms with Crippen molar-refractivity contribution in [3.8, 4) is 0 Å². The molecule has 0 unspecified atom stereocenters. The molecule has 68 valence electrons. The highest BCUT2D eigenvalue weighted by Gasteiger charge is 1.94. The molecule has 1 rings (SSSR count). The molecule has 1 aromatic rings. The van der Waals surface area contributed by atoms with Gasteiger partial charge in [-0.25, -0.2) is 4.39 Å². The second kappa shape index (κ2) is 5.84. The fraction of sp³-hybridized carbons (Fsp3) is 0.333. The number of benzene rings is 1. The van der Waals surface area contributed by atoms with E-state index in [-0.39, 0.29) is 10.8 Å². The predicted octanol–water partition coefficient (Wildman–Crippen LogP) is 3.48. The van der Waals surface area contributed by atoms with Crippen molar-refractivity contribution in [1.82, 2.24) is 0 Å². The van der Waals surface area contributed by atoms with Gasteiger partial charge in [0.1, 0.15) is 5.82 Å². The fourth-order valence-electron chi connectivity index (χ4n) is 0.502. The standard InChI is InChI=1S/C6H5ClFN.C3H8/c7-5-3-4(8)1-2-6(5)9;1-3-2/h1-3H,9H2;3H2,1-2H3. The molecule has 12 heavy (non-hydrogen) atoms. The topological polar surface area (TPSA) is 26.0 Å². The summed E-state index contributed by atoms with van der Waals surface area (Å²) >= 11 is 5.45. The summed E-state index contributed by atoms with van der Waals surface area (Å²) in [5, 5.41) is 0.259. The highest BCUT2D eigenvalue weighted by atomic mass is 35.5. The molecule has 0 aromatic heterocycles. The average molecular weight is 190 g/mol. The van der Waals surface area contributed by atoms with Crippen LogP contribution in [0.25, 0.3) is 0 Å². The predicted molar refractivity (Wildman–Crippen MR) is 51.8 cm³/mol. The van der Waals surface area contributed by atoms with Gasteiger partial charge in [-0.1, -0.05) is 31.9 Å². The molecule has 0 amide bonds. The van der Waals surface area contributed by atoms with E-state index in [1.807, 2.05) is 0 Å². The van der Waals surface area contributed by atoms with E-state index in [0.29, 0.717) is 5.69 Å². The highest BCUT2D eigenvalue weighted by molar-refractivity contribution is 6.33. The van der Waals surface area contributed by atoms with Crippen molar-refractivity contribution >= 4 is 17.3 Å². The van der Waals surface area contributed by atoms with Crippen LogP contribution >= 0.6 is 11.6 Å². The Morgan fingerprint density at radius 1 is 1.42 bits per heavy atom. The van der Waals surface area contributed by atoms with Gasteiger partial charge in [-0.2, -0.15) is 0 Å². The van der Waals surface area contributed by atoms with Gasteiger partial charge in [-0.3, -0.25) is 0 Å². The van der Waals surface area contributed by atoms with E-state index in [0.717, 1.165) is 0 Å². The summed E-state index contributed by atoms with van der Waals surface area (Å²) in [4.78, 5) is 0. The van der Waals surface area contributed by atoms with Gasteiger partial charge in [0.25, 0.3) is 0 Å². The van der Waals surface area contributed by atoms with Crippen LogP contribution in [0.4, 0.5) is 10.1 Å². The van der Waals surface area contributed by atoms with E-state index < -0.39 is 0 Å². The third kappa shape index (κ3) is 4.19. The lowest BCUT2D eigenvalue weighted by atomic mass is 10.3. The molecule has 1 aromatic carbocycles. The van der Waals surface area contributed by atoms with Crippen molar-refractivity contribution in [3.63, 3.8) is 0 Å². The number of hydrogen-bond acceptors (Lipinski definition) is 1. The second-order valence-electron chi connectivity index (χ2n) is 2.37. The van der Waals surface area contributed by atoms with Gasteiger partial charge in [0, 0.05) is 0 Å². The minimum absolute atomic E-state index is 0.259. The second-order valence-corrected chi connectivity index (χ2v) is 2.78. The van der Waals surface area contributed by atoms with E-state index in [1.54, 1.807) is 0 Å². The lowest BCUT2D eigenvalue weighted by Crippen LogP contribution is -1.85. The normalized spacial score (nSPS) is 8.67. The Morgan fingerprint density at radius 2 is 1.92 bits per heavy atom. The zero-order valence-corrected chi connectivity index (χ0v) is 8.03. The molecule has 0 aliphatic carbocycles. The van der Waals surface area contributed by atoms with Gasteiger partial charge in [-0.05, 0) is 18.2 Å². The van der Waals surface area contributed by atoms with Crippen LogP contribution in [0.3, 0.4) is 0 Å². The molecule has 3 heteroatoms. The molecule has 0 spiro atoms. The Labute approximate surface area is 77.3 Å². The third-order valence-corrected chi connectivity index (χ3v) is 1.29. The zero-order valence-electron chi connectivity index (χ0n) is 7.27. The van der Waals surface area contributed by atoms with Gasteiger partial charge in [-0.15, -0.1) is 0 Å². The van der Waals surface area contributed by atoms with Gasteiger partial charge in [0.2, 0.25) is 0 Å². The Kier molecular flexibility index (Phi) is 5.47. The number of hydrogen-bond donors (Lipinski definition) is 1. The number of halogens is 2. The Bertz CT molecular complexity index is 238. The molecule has 0 aliphatic heterocycles. The van der Waals surface area contributed by atoms with E-state index >= 15 is 0 Å². The summed E-state index contributed by atoms with van der Waals surface area (Å²) in [6, 6.07) is 3.87. The Morgan fingerprint density at radius 3 is 2.25 bits per heavy atom. The van der Waals surface area contributed by atoms with Crippen LogP contribution in [0, 0.1) is 5.82 Å². The van der Waals surface area contributed by atoms with Gasteiger partial charge >= 0.3 is 0 Å². The number of nitrogen functional groups attached to an aromatic ring is 1. The summed E-state index contributed by atoms with van der Waals surface area (Å²) in [5.41, 5.74) is 5.69. The van der Waals surface area contributed by atoms with E-state index in [2.05, 4.69) is 13.8 Å². The third-order valence-electron chi connectivity index (χ3n) is 0.962. The number of nitrogens with two attached hydrogens (primary N) is 1. The molecule has 1 nitrogen and oxygen atoms in total. The van der Waals surface area contributed by atoms with Crippen molar-refractivity contribution in [2.45, 2.75) is 20.3 Å². The maximum absolute atomic E-state index is 12.2. The summed E-state index contributed by atoms with van der Waals surface area (Å²) in [7, 11) is 0. The van der Waals surface area contributed by atoms with Crippen LogP contribution in [0.2, 0.25) is 5.02 Å². The number of anilines is 1. The lowest BCUT2D eigenvalue weighted by Gasteiger charge is -1.94. The molecular weight excluding hydrogens is 177 g/mol. The van der Waals surface area contributed by atoms with E-state index in [1.165, 1.54) is 24.6 Å². The smallest absolute Gasteiger partial charge is 0.124 e. The van der Waals surface area contributed by atoms with Crippen molar-refractivity contribution < 1.29 is 4.39 Å². The first kappa shape index (κ1) is 11.2. The fourth-order valence-corrected chi connectivity index (χ4v) is 0.669. The first-order chi connectivity index (χ1) is 5.61. The minimum Gasteiger partial charge on any atom is -0.398 e. The summed E-state index contributed by atoms with van der Waals surface area (Å²) in [6.45, 7) is 4.25. The molecule has 0 atom stereocenters. The maximum Gasteiger partial charge on any atom is 0.124 e. The van der Waals surface area contributed by atoms with Crippen molar-refractivity contribution in [3.05, 3.63) is 29.0 Å². The van der Waals surface area contributed by atoms with Gasteiger partial charge < -0.3 is 5.73 Å².